The molecule has 0 aromatic heterocycles. The van der Waals surface area contributed by atoms with E-state index < -0.39 is 4.92 Å². The van der Waals surface area contributed by atoms with Gasteiger partial charge in [-0.2, -0.15) is 0 Å². The Kier molecular flexibility index (Phi) is 3.63. The van der Waals surface area contributed by atoms with Crippen LogP contribution in [-0.2, 0) is 4.79 Å². The molecule has 1 aliphatic rings. The Morgan fingerprint density at radius 3 is 2.64 bits per heavy atom. The summed E-state index contributed by atoms with van der Waals surface area (Å²) in [6.45, 7) is 1.68. The van der Waals surface area contributed by atoms with Crippen LogP contribution in [0.4, 0.5) is 11.4 Å². The van der Waals surface area contributed by atoms with Crippen molar-refractivity contribution >= 4 is 17.3 Å². The number of nitro benzene ring substituents is 1. The number of carbonyl (C=O) groups is 1. The molecule has 1 fully saturated rings. The van der Waals surface area contributed by atoms with Gasteiger partial charge in [-0.1, -0.05) is 36.4 Å². The summed E-state index contributed by atoms with van der Waals surface area (Å²) < 4.78 is 0. The van der Waals surface area contributed by atoms with Crippen LogP contribution in [0.2, 0.25) is 0 Å². The van der Waals surface area contributed by atoms with Gasteiger partial charge in [0.25, 0.3) is 5.69 Å². The van der Waals surface area contributed by atoms with Crippen molar-refractivity contribution < 1.29 is 9.72 Å². The third kappa shape index (κ3) is 2.83. The van der Waals surface area contributed by atoms with E-state index in [0.717, 1.165) is 12.0 Å². The van der Waals surface area contributed by atoms with Crippen LogP contribution in [0.15, 0.2) is 48.5 Å². The molecule has 2 aromatic rings. The average Bonchev–Trinajstić information content (AvgIpc) is 3.30. The summed E-state index contributed by atoms with van der Waals surface area (Å²) in [5.41, 5.74) is 2.24. The molecule has 0 heterocycles. The van der Waals surface area contributed by atoms with Crippen molar-refractivity contribution in [3.63, 3.8) is 0 Å². The fourth-order valence-electron chi connectivity index (χ4n) is 2.67. The minimum absolute atomic E-state index is 0.0215. The van der Waals surface area contributed by atoms with Crippen LogP contribution >= 0.6 is 0 Å². The first-order valence-corrected chi connectivity index (χ1v) is 7.17. The normalized spacial score (nSPS) is 19.5. The van der Waals surface area contributed by atoms with Crippen LogP contribution in [0.3, 0.4) is 0 Å². The first-order chi connectivity index (χ1) is 10.6. The lowest BCUT2D eigenvalue weighted by Gasteiger charge is -2.06. The summed E-state index contributed by atoms with van der Waals surface area (Å²) in [6.07, 6.45) is 0.823. The number of anilines is 1. The van der Waals surface area contributed by atoms with Gasteiger partial charge in [-0.15, -0.1) is 0 Å². The standard InChI is InChI=1S/C17H16N2O3/c1-11-7-8-13(9-16(11)19(21)22)18-17(20)15-10-14(15)12-5-3-2-4-6-12/h2-9,14-15H,10H2,1H3,(H,18,20)/t14-,15-/m1/s1. The lowest BCUT2D eigenvalue weighted by Crippen LogP contribution is -2.14. The van der Waals surface area contributed by atoms with Crippen molar-refractivity contribution in [3.05, 3.63) is 69.8 Å². The van der Waals surface area contributed by atoms with Crippen LogP contribution in [0.1, 0.15) is 23.5 Å². The maximum atomic E-state index is 12.2. The van der Waals surface area contributed by atoms with E-state index in [1.807, 2.05) is 30.3 Å². The molecule has 1 saturated carbocycles. The fraction of sp³-hybridized carbons (Fsp3) is 0.235. The number of rotatable bonds is 4. The topological polar surface area (TPSA) is 72.2 Å². The van der Waals surface area contributed by atoms with Crippen LogP contribution in [0.5, 0.6) is 0 Å². The molecule has 0 aliphatic heterocycles. The third-order valence-electron chi connectivity index (χ3n) is 4.03. The second-order valence-corrected chi connectivity index (χ2v) is 5.61. The number of benzene rings is 2. The first kappa shape index (κ1) is 14.3. The molecular formula is C17H16N2O3. The number of hydrogen-bond donors (Lipinski definition) is 1. The van der Waals surface area contributed by atoms with Gasteiger partial charge in [0.05, 0.1) is 4.92 Å². The summed E-state index contributed by atoms with van der Waals surface area (Å²) in [7, 11) is 0. The number of nitrogens with one attached hydrogen (secondary N) is 1. The van der Waals surface area contributed by atoms with E-state index in [2.05, 4.69) is 5.32 Å². The smallest absolute Gasteiger partial charge is 0.274 e. The Bertz CT molecular complexity index is 728. The highest BCUT2D eigenvalue weighted by atomic mass is 16.6. The molecule has 0 saturated heterocycles. The van der Waals surface area contributed by atoms with Crippen LogP contribution in [0, 0.1) is 23.0 Å². The van der Waals surface area contributed by atoms with E-state index in [4.69, 9.17) is 0 Å². The van der Waals surface area contributed by atoms with Crippen molar-refractivity contribution in [2.75, 3.05) is 5.32 Å². The number of nitrogens with zero attached hydrogens (tertiary/aromatic N) is 1. The second kappa shape index (κ2) is 5.60. The third-order valence-corrected chi connectivity index (χ3v) is 4.03. The van der Waals surface area contributed by atoms with E-state index >= 15 is 0 Å². The largest absolute Gasteiger partial charge is 0.326 e. The lowest BCUT2D eigenvalue weighted by atomic mass is 10.1. The number of amides is 1. The summed E-state index contributed by atoms with van der Waals surface area (Å²) in [5.74, 6) is 0.122. The van der Waals surface area contributed by atoms with Crippen LogP contribution < -0.4 is 5.32 Å². The van der Waals surface area contributed by atoms with Gasteiger partial charge in [0.1, 0.15) is 0 Å². The van der Waals surface area contributed by atoms with E-state index in [1.54, 1.807) is 19.1 Å². The van der Waals surface area contributed by atoms with Gasteiger partial charge >= 0.3 is 0 Å². The predicted molar refractivity (Wildman–Crippen MR) is 83.8 cm³/mol. The minimum atomic E-state index is -0.436. The second-order valence-electron chi connectivity index (χ2n) is 5.61. The molecule has 0 spiro atoms. The lowest BCUT2D eigenvalue weighted by molar-refractivity contribution is -0.385. The molecule has 1 N–H and O–H groups in total. The number of hydrogen-bond acceptors (Lipinski definition) is 3. The molecule has 3 rings (SSSR count). The zero-order valence-corrected chi connectivity index (χ0v) is 12.2. The first-order valence-electron chi connectivity index (χ1n) is 7.17. The van der Waals surface area contributed by atoms with Crippen LogP contribution in [0.25, 0.3) is 0 Å². The average molecular weight is 296 g/mol. The molecule has 5 heteroatoms. The van der Waals surface area contributed by atoms with E-state index in [1.165, 1.54) is 6.07 Å². The zero-order valence-electron chi connectivity index (χ0n) is 12.2. The molecule has 5 nitrogen and oxygen atoms in total. The molecular weight excluding hydrogens is 280 g/mol. The predicted octanol–water partition coefficient (Wildman–Crippen LogP) is 3.65. The Morgan fingerprint density at radius 2 is 1.95 bits per heavy atom. The molecule has 0 radical (unpaired) electrons. The van der Waals surface area contributed by atoms with Crippen molar-refractivity contribution in [1.82, 2.24) is 0 Å². The Morgan fingerprint density at radius 1 is 1.23 bits per heavy atom. The molecule has 0 bridgehead atoms. The Hall–Kier alpha value is -2.69. The Labute approximate surface area is 128 Å². The van der Waals surface area contributed by atoms with Crippen LogP contribution in [-0.4, -0.2) is 10.8 Å². The number of aryl methyl sites for hydroxylation is 1. The molecule has 1 aliphatic carbocycles. The van der Waals surface area contributed by atoms with Gasteiger partial charge < -0.3 is 5.32 Å². The van der Waals surface area contributed by atoms with Gasteiger partial charge in [0.2, 0.25) is 5.91 Å². The summed E-state index contributed by atoms with van der Waals surface area (Å²) in [5, 5.41) is 13.7. The summed E-state index contributed by atoms with van der Waals surface area (Å²) in [6, 6.07) is 14.7. The maximum absolute atomic E-state index is 12.2. The van der Waals surface area contributed by atoms with Crippen molar-refractivity contribution in [1.29, 1.82) is 0 Å². The number of nitro groups is 1. The Balaban J connectivity index is 1.69. The highest BCUT2D eigenvalue weighted by Gasteiger charge is 2.43. The van der Waals surface area contributed by atoms with E-state index in [0.29, 0.717) is 11.3 Å². The highest BCUT2D eigenvalue weighted by Crippen LogP contribution is 2.47. The van der Waals surface area contributed by atoms with Crippen molar-refractivity contribution in [2.24, 2.45) is 5.92 Å². The van der Waals surface area contributed by atoms with E-state index in [9.17, 15) is 14.9 Å². The monoisotopic (exact) mass is 296 g/mol. The fourth-order valence-corrected chi connectivity index (χ4v) is 2.67. The molecule has 2 aromatic carbocycles. The molecule has 0 unspecified atom stereocenters. The minimum Gasteiger partial charge on any atom is -0.326 e. The SMILES string of the molecule is Cc1ccc(NC(=O)[C@@H]2C[C@@H]2c2ccccc2)cc1[N+](=O)[O-]. The van der Waals surface area contributed by atoms with Gasteiger partial charge in [0.15, 0.2) is 0 Å². The highest BCUT2D eigenvalue weighted by molar-refractivity contribution is 5.95. The summed E-state index contributed by atoms with van der Waals surface area (Å²) in [4.78, 5) is 22.7. The quantitative estimate of drug-likeness (QED) is 0.691. The van der Waals surface area contributed by atoms with Gasteiger partial charge in [-0.05, 0) is 30.9 Å². The zero-order chi connectivity index (χ0) is 15.7. The molecule has 22 heavy (non-hydrogen) atoms. The van der Waals surface area contributed by atoms with Gasteiger partial charge in [0, 0.05) is 23.2 Å². The summed E-state index contributed by atoms with van der Waals surface area (Å²) >= 11 is 0. The maximum Gasteiger partial charge on any atom is 0.274 e. The van der Waals surface area contributed by atoms with E-state index in [-0.39, 0.29) is 23.4 Å². The molecule has 2 atom stereocenters. The van der Waals surface area contributed by atoms with Crippen molar-refractivity contribution in [2.45, 2.75) is 19.3 Å². The van der Waals surface area contributed by atoms with Crippen molar-refractivity contribution in [3.8, 4) is 0 Å². The molecule has 112 valence electrons. The van der Waals surface area contributed by atoms with Gasteiger partial charge in [-0.3, -0.25) is 14.9 Å². The number of carbonyl (C=O) groups excluding carboxylic acids is 1. The van der Waals surface area contributed by atoms with Gasteiger partial charge in [-0.25, -0.2) is 0 Å². The molecule has 1 amide bonds.